The van der Waals surface area contributed by atoms with Crippen LogP contribution in [0.2, 0.25) is 0 Å². The minimum absolute atomic E-state index is 0.0410. The van der Waals surface area contributed by atoms with Gasteiger partial charge in [0.2, 0.25) is 0 Å². The van der Waals surface area contributed by atoms with E-state index < -0.39 is 0 Å². The van der Waals surface area contributed by atoms with E-state index in [0.29, 0.717) is 0 Å². The van der Waals surface area contributed by atoms with E-state index in [1.54, 1.807) is 11.8 Å². The second kappa shape index (κ2) is 8.41. The van der Waals surface area contributed by atoms with Gasteiger partial charge in [-0.15, -0.1) is 0 Å². The quantitative estimate of drug-likeness (QED) is 0.594. The molecule has 0 amide bonds. The molecule has 0 radical (unpaired) electrons. The van der Waals surface area contributed by atoms with Crippen molar-refractivity contribution >= 4 is 23.1 Å². The predicted octanol–water partition coefficient (Wildman–Crippen LogP) is 5.93. The Labute approximate surface area is 160 Å². The number of anilines is 1. The molecule has 0 saturated heterocycles. The average molecular weight is 367 g/mol. The zero-order valence-corrected chi connectivity index (χ0v) is 16.7. The van der Waals surface area contributed by atoms with Crippen molar-refractivity contribution in [3.05, 3.63) is 70.8 Å². The van der Waals surface area contributed by atoms with Crippen LogP contribution in [0.3, 0.4) is 0 Å². The van der Waals surface area contributed by atoms with E-state index in [0.717, 1.165) is 24.3 Å². The number of allylic oxidation sites excluding steroid dienone is 1. The fraction of sp³-hybridized carbons (Fsp3) is 0.333. The van der Waals surface area contributed by atoms with Crippen molar-refractivity contribution in [1.29, 1.82) is 0 Å². The summed E-state index contributed by atoms with van der Waals surface area (Å²) in [5, 5.41) is 11.1. The minimum Gasteiger partial charge on any atom is -0.367 e. The summed E-state index contributed by atoms with van der Waals surface area (Å²) in [4.78, 5) is 4.51. The van der Waals surface area contributed by atoms with Crippen LogP contribution >= 0.6 is 11.8 Å². The first-order chi connectivity index (χ1) is 12.6. The summed E-state index contributed by atoms with van der Waals surface area (Å²) >= 11 is 1.69. The van der Waals surface area contributed by atoms with Crippen LogP contribution in [0.1, 0.15) is 25.0 Å². The van der Waals surface area contributed by atoms with Gasteiger partial charge in [0.1, 0.15) is 0 Å². The molecule has 5 heteroatoms. The van der Waals surface area contributed by atoms with Gasteiger partial charge in [-0.25, -0.2) is 0 Å². The second-order valence-corrected chi connectivity index (χ2v) is 7.45. The fourth-order valence-electron chi connectivity index (χ4n) is 2.86. The summed E-state index contributed by atoms with van der Waals surface area (Å²) < 4.78 is 0. The molecule has 0 N–H and O–H groups in total. The van der Waals surface area contributed by atoms with Crippen molar-refractivity contribution in [2.45, 2.75) is 32.8 Å². The average Bonchev–Trinajstić information content (AvgIpc) is 2.98. The lowest BCUT2D eigenvalue weighted by molar-refractivity contribution is 0.403. The standard InChI is InChI=1S/C21H26N4S/c1-5-25(14-18-9-7-6-8-10-18)19-11-12-20(16(2)13-19)22-23-21-24(4)17(3)15-26-21/h6-13,15,21H,5,14H2,1-4H3. The van der Waals surface area contributed by atoms with Crippen molar-refractivity contribution in [1.82, 2.24) is 4.90 Å². The first-order valence-corrected chi connectivity index (χ1v) is 9.88. The van der Waals surface area contributed by atoms with E-state index in [1.807, 2.05) is 7.05 Å². The van der Waals surface area contributed by atoms with Gasteiger partial charge in [0.15, 0.2) is 5.50 Å². The van der Waals surface area contributed by atoms with Gasteiger partial charge in [-0.05, 0) is 55.5 Å². The molecule has 0 aliphatic carbocycles. The van der Waals surface area contributed by atoms with Gasteiger partial charge >= 0.3 is 0 Å². The first-order valence-electron chi connectivity index (χ1n) is 8.94. The predicted molar refractivity (Wildman–Crippen MR) is 112 cm³/mol. The molecule has 2 aromatic carbocycles. The van der Waals surface area contributed by atoms with Crippen molar-refractivity contribution in [3.8, 4) is 0 Å². The monoisotopic (exact) mass is 366 g/mol. The fourth-order valence-corrected chi connectivity index (χ4v) is 3.80. The topological polar surface area (TPSA) is 31.2 Å². The molecule has 0 aromatic heterocycles. The molecule has 0 fully saturated rings. The molecule has 0 bridgehead atoms. The summed E-state index contributed by atoms with van der Waals surface area (Å²) in [5.74, 6) is 0. The molecule has 1 aliphatic heterocycles. The van der Waals surface area contributed by atoms with E-state index in [-0.39, 0.29) is 5.50 Å². The summed E-state index contributed by atoms with van der Waals surface area (Å²) in [6.07, 6.45) is 0. The zero-order valence-electron chi connectivity index (χ0n) is 15.9. The normalized spacial score (nSPS) is 17.0. The summed E-state index contributed by atoms with van der Waals surface area (Å²) in [5.41, 5.74) is 5.89. The molecule has 136 valence electrons. The van der Waals surface area contributed by atoms with Crippen LogP contribution in [0.4, 0.5) is 11.4 Å². The van der Waals surface area contributed by atoms with E-state index in [2.05, 4.69) is 94.7 Å². The van der Waals surface area contributed by atoms with Gasteiger partial charge in [-0.2, -0.15) is 10.2 Å². The van der Waals surface area contributed by atoms with Crippen molar-refractivity contribution in [2.75, 3.05) is 18.5 Å². The molecule has 0 spiro atoms. The van der Waals surface area contributed by atoms with Crippen LogP contribution in [0.25, 0.3) is 0 Å². The van der Waals surface area contributed by atoms with Crippen molar-refractivity contribution in [2.24, 2.45) is 10.2 Å². The van der Waals surface area contributed by atoms with Crippen molar-refractivity contribution < 1.29 is 0 Å². The molecular formula is C21H26N4S. The SMILES string of the molecule is CCN(Cc1ccccc1)c1ccc(N=NC2SC=C(C)N2C)c(C)c1. The minimum atomic E-state index is 0.0410. The molecule has 1 heterocycles. The molecule has 4 nitrogen and oxygen atoms in total. The Kier molecular flexibility index (Phi) is 5.99. The molecule has 1 unspecified atom stereocenters. The van der Waals surface area contributed by atoms with Gasteiger partial charge in [-0.3, -0.25) is 0 Å². The van der Waals surface area contributed by atoms with E-state index in [1.165, 1.54) is 16.9 Å². The molecule has 1 aliphatic rings. The molecular weight excluding hydrogens is 340 g/mol. The van der Waals surface area contributed by atoms with Crippen LogP contribution < -0.4 is 4.90 Å². The molecule has 2 aromatic rings. The highest BCUT2D eigenvalue weighted by atomic mass is 32.2. The Bertz CT molecular complexity index is 801. The maximum atomic E-state index is 4.50. The Morgan fingerprint density at radius 3 is 2.50 bits per heavy atom. The lowest BCUT2D eigenvalue weighted by atomic mass is 10.1. The lowest BCUT2D eigenvalue weighted by Crippen LogP contribution is -2.21. The number of azo groups is 1. The number of thioether (sulfide) groups is 1. The van der Waals surface area contributed by atoms with Crippen LogP contribution in [-0.2, 0) is 6.54 Å². The highest BCUT2D eigenvalue weighted by Gasteiger charge is 2.19. The highest BCUT2D eigenvalue weighted by molar-refractivity contribution is 8.02. The maximum Gasteiger partial charge on any atom is 0.193 e. The Hall–Kier alpha value is -2.27. The van der Waals surface area contributed by atoms with E-state index in [4.69, 9.17) is 0 Å². The number of hydrogen-bond acceptors (Lipinski definition) is 5. The van der Waals surface area contributed by atoms with Gasteiger partial charge in [-0.1, -0.05) is 42.1 Å². The number of nitrogens with zero attached hydrogens (tertiary/aromatic N) is 4. The number of rotatable bonds is 6. The number of hydrogen-bond donors (Lipinski definition) is 0. The highest BCUT2D eigenvalue weighted by Crippen LogP contribution is 2.32. The van der Waals surface area contributed by atoms with Gasteiger partial charge in [0.25, 0.3) is 0 Å². The molecule has 3 rings (SSSR count). The third-order valence-corrected chi connectivity index (χ3v) is 5.79. The third-order valence-electron chi connectivity index (χ3n) is 4.66. The Morgan fingerprint density at radius 2 is 1.88 bits per heavy atom. The maximum absolute atomic E-state index is 4.50. The van der Waals surface area contributed by atoms with Crippen LogP contribution in [0.15, 0.2) is 69.9 Å². The largest absolute Gasteiger partial charge is 0.367 e. The molecule has 1 atom stereocenters. The summed E-state index contributed by atoms with van der Waals surface area (Å²) in [6, 6.07) is 17.0. The van der Waals surface area contributed by atoms with Gasteiger partial charge in [0.05, 0.1) is 5.69 Å². The Morgan fingerprint density at radius 1 is 1.12 bits per heavy atom. The Balaban J connectivity index is 1.72. The van der Waals surface area contributed by atoms with E-state index in [9.17, 15) is 0 Å². The van der Waals surface area contributed by atoms with Crippen LogP contribution in [-0.4, -0.2) is 24.0 Å². The van der Waals surface area contributed by atoms with Crippen LogP contribution in [0.5, 0.6) is 0 Å². The second-order valence-electron chi connectivity index (χ2n) is 6.52. The van der Waals surface area contributed by atoms with Gasteiger partial charge in [0, 0.05) is 31.5 Å². The van der Waals surface area contributed by atoms with E-state index >= 15 is 0 Å². The van der Waals surface area contributed by atoms with Gasteiger partial charge < -0.3 is 9.80 Å². The van der Waals surface area contributed by atoms with Crippen LogP contribution in [0, 0.1) is 6.92 Å². The third kappa shape index (κ3) is 4.28. The van der Waals surface area contributed by atoms with Crippen molar-refractivity contribution in [3.63, 3.8) is 0 Å². The number of aryl methyl sites for hydroxylation is 1. The molecule has 0 saturated carbocycles. The lowest BCUT2D eigenvalue weighted by Gasteiger charge is -2.24. The zero-order chi connectivity index (χ0) is 18.5. The number of benzene rings is 2. The first kappa shape index (κ1) is 18.5. The molecule has 26 heavy (non-hydrogen) atoms. The summed E-state index contributed by atoms with van der Waals surface area (Å²) in [6.45, 7) is 8.25. The summed E-state index contributed by atoms with van der Waals surface area (Å²) in [7, 11) is 2.05. The smallest absolute Gasteiger partial charge is 0.193 e.